The van der Waals surface area contributed by atoms with E-state index in [1.165, 1.54) is 44.3 Å². The number of nitrogens with zero attached hydrogens (tertiary/aromatic N) is 2. The van der Waals surface area contributed by atoms with Crippen LogP contribution in [0.25, 0.3) is 0 Å². The zero-order valence-electron chi connectivity index (χ0n) is 15.9. The fourth-order valence-electron chi connectivity index (χ4n) is 4.75. The minimum atomic E-state index is 0.361. The van der Waals surface area contributed by atoms with Gasteiger partial charge in [0.05, 0.1) is 6.61 Å². The molecule has 142 valence electrons. The van der Waals surface area contributed by atoms with Crippen molar-refractivity contribution in [1.29, 1.82) is 0 Å². The average Bonchev–Trinajstić information content (AvgIpc) is 3.50. The molecule has 3 fully saturated rings. The van der Waals surface area contributed by atoms with Crippen molar-refractivity contribution in [1.82, 2.24) is 9.80 Å². The molecule has 1 aromatic carbocycles. The molecule has 1 spiro atoms. The van der Waals surface area contributed by atoms with E-state index in [9.17, 15) is 4.79 Å². The molecule has 2 aliphatic heterocycles. The van der Waals surface area contributed by atoms with Gasteiger partial charge in [-0.3, -0.25) is 4.79 Å². The highest BCUT2D eigenvalue weighted by atomic mass is 16.5. The average molecular weight is 357 g/mol. The van der Waals surface area contributed by atoms with Crippen molar-refractivity contribution in [3.05, 3.63) is 35.9 Å². The van der Waals surface area contributed by atoms with Gasteiger partial charge in [-0.25, -0.2) is 0 Å². The van der Waals surface area contributed by atoms with Gasteiger partial charge in [-0.05, 0) is 50.6 Å². The predicted octanol–water partition coefficient (Wildman–Crippen LogP) is 3.46. The maximum Gasteiger partial charge on any atom is 0.222 e. The molecule has 1 unspecified atom stereocenters. The molecule has 0 bridgehead atoms. The van der Waals surface area contributed by atoms with Crippen molar-refractivity contribution in [3.63, 3.8) is 0 Å². The number of hydrogen-bond acceptors (Lipinski definition) is 3. The molecule has 1 amide bonds. The Morgan fingerprint density at radius 1 is 1.12 bits per heavy atom. The molecule has 0 aromatic heterocycles. The summed E-state index contributed by atoms with van der Waals surface area (Å²) in [4.78, 5) is 17.1. The van der Waals surface area contributed by atoms with E-state index >= 15 is 0 Å². The summed E-state index contributed by atoms with van der Waals surface area (Å²) in [6.07, 6.45) is 7.98. The van der Waals surface area contributed by atoms with Gasteiger partial charge in [0, 0.05) is 44.1 Å². The molecule has 1 atom stereocenters. The summed E-state index contributed by atoms with van der Waals surface area (Å²) in [6, 6.07) is 11.0. The zero-order chi connectivity index (χ0) is 17.8. The quantitative estimate of drug-likeness (QED) is 0.702. The fraction of sp³-hybridized carbons (Fsp3) is 0.682. The maximum absolute atomic E-state index is 12.2. The minimum absolute atomic E-state index is 0.361. The molecular formula is C22H32N2O2. The van der Waals surface area contributed by atoms with Crippen LogP contribution in [0.4, 0.5) is 0 Å². The molecule has 4 nitrogen and oxygen atoms in total. The Kier molecular flexibility index (Phi) is 5.60. The smallest absolute Gasteiger partial charge is 0.222 e. The first kappa shape index (κ1) is 18.0. The van der Waals surface area contributed by atoms with Gasteiger partial charge >= 0.3 is 0 Å². The Bertz CT molecular complexity index is 601. The van der Waals surface area contributed by atoms with Crippen molar-refractivity contribution in [2.75, 3.05) is 32.8 Å². The third-order valence-corrected chi connectivity index (χ3v) is 6.30. The minimum Gasteiger partial charge on any atom is -0.377 e. The summed E-state index contributed by atoms with van der Waals surface area (Å²) in [5.74, 6) is 0.407. The number of hydrogen-bond donors (Lipinski definition) is 0. The van der Waals surface area contributed by atoms with E-state index in [0.717, 1.165) is 39.0 Å². The van der Waals surface area contributed by atoms with Gasteiger partial charge in [0.2, 0.25) is 5.91 Å². The first-order chi connectivity index (χ1) is 12.7. The normalized spacial score (nSPS) is 27.2. The molecule has 4 rings (SSSR count). The van der Waals surface area contributed by atoms with Crippen LogP contribution in [0.3, 0.4) is 0 Å². The van der Waals surface area contributed by atoms with Crippen LogP contribution in [-0.4, -0.2) is 54.5 Å². The Morgan fingerprint density at radius 3 is 2.77 bits per heavy atom. The highest BCUT2D eigenvalue weighted by Crippen LogP contribution is 2.42. The Balaban J connectivity index is 1.20. The van der Waals surface area contributed by atoms with Crippen molar-refractivity contribution < 1.29 is 9.53 Å². The number of amides is 1. The third kappa shape index (κ3) is 4.47. The standard InChI is InChI=1S/C22H32N2O2/c25-21-10-12-22(18-24(21)20-8-9-20)11-4-13-23(17-22)14-5-15-26-16-19-6-2-1-3-7-19/h1-3,6-7,20H,4-5,8-18H2. The number of carbonyl (C=O) groups excluding carboxylic acids is 1. The van der Waals surface area contributed by atoms with Gasteiger partial charge in [-0.2, -0.15) is 0 Å². The Morgan fingerprint density at radius 2 is 1.96 bits per heavy atom. The second-order valence-corrected chi connectivity index (χ2v) is 8.52. The first-order valence-corrected chi connectivity index (χ1v) is 10.4. The summed E-state index contributed by atoms with van der Waals surface area (Å²) >= 11 is 0. The van der Waals surface area contributed by atoms with Crippen LogP contribution in [-0.2, 0) is 16.1 Å². The molecule has 1 aliphatic carbocycles. The highest BCUT2D eigenvalue weighted by molar-refractivity contribution is 5.78. The van der Waals surface area contributed by atoms with Crippen LogP contribution in [0.1, 0.15) is 50.5 Å². The van der Waals surface area contributed by atoms with Crippen LogP contribution in [0.5, 0.6) is 0 Å². The summed E-state index contributed by atoms with van der Waals surface area (Å²) in [5.41, 5.74) is 1.61. The summed E-state index contributed by atoms with van der Waals surface area (Å²) in [6.45, 7) is 6.04. The van der Waals surface area contributed by atoms with E-state index in [2.05, 4.69) is 34.1 Å². The van der Waals surface area contributed by atoms with Crippen LogP contribution in [0.2, 0.25) is 0 Å². The lowest BCUT2D eigenvalue weighted by Gasteiger charge is -2.48. The topological polar surface area (TPSA) is 32.8 Å². The molecule has 4 heteroatoms. The number of carbonyl (C=O) groups is 1. The van der Waals surface area contributed by atoms with E-state index in [0.29, 0.717) is 24.0 Å². The fourth-order valence-corrected chi connectivity index (χ4v) is 4.75. The highest BCUT2D eigenvalue weighted by Gasteiger charge is 2.45. The lowest BCUT2D eigenvalue weighted by atomic mass is 9.73. The molecule has 0 radical (unpaired) electrons. The van der Waals surface area contributed by atoms with Gasteiger partial charge in [-0.15, -0.1) is 0 Å². The second kappa shape index (κ2) is 8.10. The molecule has 3 aliphatic rings. The molecular weight excluding hydrogens is 324 g/mol. The maximum atomic E-state index is 12.2. The van der Waals surface area contributed by atoms with E-state index in [-0.39, 0.29) is 0 Å². The zero-order valence-corrected chi connectivity index (χ0v) is 15.9. The number of rotatable bonds is 7. The second-order valence-electron chi connectivity index (χ2n) is 8.52. The Hall–Kier alpha value is -1.39. The van der Waals surface area contributed by atoms with Gasteiger partial charge in [-0.1, -0.05) is 30.3 Å². The predicted molar refractivity (Wildman–Crippen MR) is 103 cm³/mol. The number of ether oxygens (including phenoxy) is 1. The van der Waals surface area contributed by atoms with Gasteiger partial charge in [0.25, 0.3) is 0 Å². The van der Waals surface area contributed by atoms with Crippen LogP contribution in [0.15, 0.2) is 30.3 Å². The van der Waals surface area contributed by atoms with Crippen LogP contribution >= 0.6 is 0 Å². The monoisotopic (exact) mass is 356 g/mol. The summed E-state index contributed by atoms with van der Waals surface area (Å²) in [5, 5.41) is 0. The molecule has 26 heavy (non-hydrogen) atoms. The van der Waals surface area contributed by atoms with Crippen molar-refractivity contribution in [3.8, 4) is 0 Å². The SMILES string of the molecule is O=C1CCC2(CCCN(CCCOCc3ccccc3)C2)CN1C1CC1. The van der Waals surface area contributed by atoms with Gasteiger partial charge in [0.15, 0.2) is 0 Å². The lowest BCUT2D eigenvalue weighted by Crippen LogP contribution is -2.54. The summed E-state index contributed by atoms with van der Waals surface area (Å²) < 4.78 is 5.84. The van der Waals surface area contributed by atoms with E-state index in [4.69, 9.17) is 4.74 Å². The van der Waals surface area contributed by atoms with Gasteiger partial charge < -0.3 is 14.5 Å². The van der Waals surface area contributed by atoms with Crippen LogP contribution in [0, 0.1) is 5.41 Å². The van der Waals surface area contributed by atoms with Crippen molar-refractivity contribution in [2.45, 2.75) is 57.6 Å². The Labute approximate surface area is 157 Å². The largest absolute Gasteiger partial charge is 0.377 e. The number of piperidine rings is 2. The van der Waals surface area contributed by atoms with Gasteiger partial charge in [0.1, 0.15) is 0 Å². The molecule has 2 saturated heterocycles. The number of benzene rings is 1. The molecule has 1 saturated carbocycles. The van der Waals surface area contributed by atoms with Crippen LogP contribution < -0.4 is 0 Å². The number of likely N-dealkylation sites (tertiary alicyclic amines) is 2. The van der Waals surface area contributed by atoms with E-state index in [1.807, 2.05) is 6.07 Å². The van der Waals surface area contributed by atoms with E-state index in [1.54, 1.807) is 0 Å². The van der Waals surface area contributed by atoms with Crippen molar-refractivity contribution >= 4 is 5.91 Å². The lowest BCUT2D eigenvalue weighted by molar-refractivity contribution is -0.140. The first-order valence-electron chi connectivity index (χ1n) is 10.4. The molecule has 2 heterocycles. The molecule has 1 aromatic rings. The third-order valence-electron chi connectivity index (χ3n) is 6.30. The van der Waals surface area contributed by atoms with E-state index < -0.39 is 0 Å². The summed E-state index contributed by atoms with van der Waals surface area (Å²) in [7, 11) is 0. The van der Waals surface area contributed by atoms with Crippen molar-refractivity contribution in [2.24, 2.45) is 5.41 Å². The molecule has 0 N–H and O–H groups in total.